The fourth-order valence-electron chi connectivity index (χ4n) is 1.72. The van der Waals surface area contributed by atoms with Gasteiger partial charge in [0.1, 0.15) is 0 Å². The molecule has 2 aromatic rings. The molecule has 2 rings (SSSR count). The number of nitrogens with zero attached hydrogens (tertiary/aromatic N) is 1. The maximum atomic E-state index is 12.3. The van der Waals surface area contributed by atoms with Crippen LogP contribution in [0.5, 0.6) is 0 Å². The van der Waals surface area contributed by atoms with Crippen LogP contribution < -0.4 is 15.5 Å². The third-order valence-electron chi connectivity index (χ3n) is 2.66. The van der Waals surface area contributed by atoms with E-state index >= 15 is 0 Å². The molecule has 0 aliphatic rings. The Morgan fingerprint density at radius 3 is 1.95 bits per heavy atom. The third kappa shape index (κ3) is 3.14. The number of benzene rings is 2. The Hall–Kier alpha value is -2.82. The van der Waals surface area contributed by atoms with Gasteiger partial charge in [-0.3, -0.25) is 0 Å². The van der Waals surface area contributed by atoms with Gasteiger partial charge >= 0.3 is 12.1 Å². The number of nitrogens with one attached hydrogen (secondary N) is 2. The molecule has 4 amide bonds. The van der Waals surface area contributed by atoms with Crippen LogP contribution in [0.1, 0.15) is 0 Å². The molecule has 0 saturated carbocycles. The van der Waals surface area contributed by atoms with Crippen LogP contribution in [0.4, 0.5) is 21.0 Å². The van der Waals surface area contributed by atoms with Crippen LogP contribution in [0.25, 0.3) is 0 Å². The van der Waals surface area contributed by atoms with Crippen molar-refractivity contribution >= 4 is 23.4 Å². The van der Waals surface area contributed by atoms with Gasteiger partial charge in [-0.15, -0.1) is 0 Å². The highest BCUT2D eigenvalue weighted by Crippen LogP contribution is 2.15. The molecule has 0 spiro atoms. The van der Waals surface area contributed by atoms with E-state index in [1.54, 1.807) is 36.4 Å². The molecular formula is C15H15N3O2. The molecule has 0 aliphatic carbocycles. The summed E-state index contributed by atoms with van der Waals surface area (Å²) in [5.41, 5.74) is 1.13. The first-order valence-electron chi connectivity index (χ1n) is 6.15. The zero-order chi connectivity index (χ0) is 14.4. The Balaban J connectivity index is 2.24. The quantitative estimate of drug-likeness (QED) is 0.880. The van der Waals surface area contributed by atoms with E-state index in [4.69, 9.17) is 0 Å². The lowest BCUT2D eigenvalue weighted by Gasteiger charge is -2.20. The predicted molar refractivity (Wildman–Crippen MR) is 78.8 cm³/mol. The largest absolute Gasteiger partial charge is 0.340 e. The number of amides is 4. The minimum Gasteiger partial charge on any atom is -0.340 e. The standard InChI is InChI=1S/C15H15N3O2/c1-16-14(19)18(13-10-6-3-7-11-13)15(20)17-12-8-4-2-5-9-12/h2-11H,1H3,(H,16,19)(H,17,20). The molecular weight excluding hydrogens is 254 g/mol. The molecule has 102 valence electrons. The molecule has 0 unspecified atom stereocenters. The van der Waals surface area contributed by atoms with Crippen LogP contribution in [0.2, 0.25) is 0 Å². The summed E-state index contributed by atoms with van der Waals surface area (Å²) in [6.07, 6.45) is 0. The molecule has 2 aromatic carbocycles. The van der Waals surface area contributed by atoms with Gasteiger partial charge in [-0.25, -0.2) is 14.5 Å². The Morgan fingerprint density at radius 1 is 0.850 bits per heavy atom. The molecule has 0 fully saturated rings. The van der Waals surface area contributed by atoms with Gasteiger partial charge < -0.3 is 10.6 Å². The highest BCUT2D eigenvalue weighted by molar-refractivity contribution is 6.17. The SMILES string of the molecule is CNC(=O)N(C(=O)Nc1ccccc1)c1ccccc1. The summed E-state index contributed by atoms with van der Waals surface area (Å²) in [5.74, 6) is 0. The minimum absolute atomic E-state index is 0.496. The van der Waals surface area contributed by atoms with Gasteiger partial charge in [-0.1, -0.05) is 36.4 Å². The first-order valence-corrected chi connectivity index (χ1v) is 6.15. The van der Waals surface area contributed by atoms with Crippen molar-refractivity contribution in [1.29, 1.82) is 0 Å². The van der Waals surface area contributed by atoms with Crippen molar-refractivity contribution in [3.8, 4) is 0 Å². The van der Waals surface area contributed by atoms with Crippen LogP contribution in [0.3, 0.4) is 0 Å². The van der Waals surface area contributed by atoms with Gasteiger partial charge in [0.15, 0.2) is 0 Å². The monoisotopic (exact) mass is 269 g/mol. The van der Waals surface area contributed by atoms with E-state index in [1.165, 1.54) is 7.05 Å². The van der Waals surface area contributed by atoms with Crippen molar-refractivity contribution in [3.05, 3.63) is 60.7 Å². The van der Waals surface area contributed by atoms with Gasteiger partial charge in [0.2, 0.25) is 0 Å². The van der Waals surface area contributed by atoms with Crippen molar-refractivity contribution in [2.75, 3.05) is 17.3 Å². The number of urea groups is 2. The average Bonchev–Trinajstić information content (AvgIpc) is 2.49. The summed E-state index contributed by atoms with van der Waals surface area (Å²) in [6.45, 7) is 0. The normalized spacial score (nSPS) is 9.65. The topological polar surface area (TPSA) is 61.4 Å². The van der Waals surface area contributed by atoms with Crippen molar-refractivity contribution < 1.29 is 9.59 Å². The van der Waals surface area contributed by atoms with Crippen molar-refractivity contribution in [3.63, 3.8) is 0 Å². The molecule has 0 aromatic heterocycles. The number of carbonyl (C=O) groups is 2. The average molecular weight is 269 g/mol. The van der Waals surface area contributed by atoms with E-state index in [2.05, 4.69) is 10.6 Å². The van der Waals surface area contributed by atoms with Gasteiger partial charge in [0, 0.05) is 12.7 Å². The first kappa shape index (κ1) is 13.6. The Bertz CT molecular complexity index is 585. The number of imide groups is 1. The minimum atomic E-state index is -0.512. The van der Waals surface area contributed by atoms with Crippen LogP contribution in [0, 0.1) is 0 Å². The van der Waals surface area contributed by atoms with Crippen molar-refractivity contribution in [1.82, 2.24) is 5.32 Å². The summed E-state index contributed by atoms with van der Waals surface area (Å²) >= 11 is 0. The summed E-state index contributed by atoms with van der Waals surface area (Å²) in [5, 5.41) is 5.14. The fourth-order valence-corrected chi connectivity index (χ4v) is 1.72. The van der Waals surface area contributed by atoms with Crippen LogP contribution in [-0.4, -0.2) is 19.1 Å². The number of para-hydroxylation sites is 2. The second kappa shape index (κ2) is 6.38. The van der Waals surface area contributed by atoms with E-state index in [9.17, 15) is 9.59 Å². The molecule has 0 atom stereocenters. The van der Waals surface area contributed by atoms with Crippen LogP contribution >= 0.6 is 0 Å². The maximum Gasteiger partial charge on any atom is 0.334 e. The summed E-state index contributed by atoms with van der Waals surface area (Å²) < 4.78 is 0. The molecule has 0 heterocycles. The highest BCUT2D eigenvalue weighted by atomic mass is 16.2. The van der Waals surface area contributed by atoms with Gasteiger partial charge in [-0.2, -0.15) is 0 Å². The van der Waals surface area contributed by atoms with Gasteiger partial charge in [-0.05, 0) is 24.3 Å². The zero-order valence-electron chi connectivity index (χ0n) is 11.0. The third-order valence-corrected chi connectivity index (χ3v) is 2.66. The van der Waals surface area contributed by atoms with Crippen LogP contribution in [-0.2, 0) is 0 Å². The number of carbonyl (C=O) groups excluding carboxylic acids is 2. The highest BCUT2D eigenvalue weighted by Gasteiger charge is 2.22. The van der Waals surface area contributed by atoms with E-state index in [0.29, 0.717) is 11.4 Å². The summed E-state index contributed by atoms with van der Waals surface area (Å²) in [4.78, 5) is 25.2. The predicted octanol–water partition coefficient (Wildman–Crippen LogP) is 3.06. The lowest BCUT2D eigenvalue weighted by Crippen LogP contribution is -2.44. The van der Waals surface area contributed by atoms with E-state index < -0.39 is 12.1 Å². The smallest absolute Gasteiger partial charge is 0.334 e. The van der Waals surface area contributed by atoms with Gasteiger partial charge in [0.05, 0.1) is 5.69 Å². The van der Waals surface area contributed by atoms with Crippen molar-refractivity contribution in [2.24, 2.45) is 0 Å². The Morgan fingerprint density at radius 2 is 1.40 bits per heavy atom. The lowest BCUT2D eigenvalue weighted by atomic mass is 10.3. The maximum absolute atomic E-state index is 12.3. The van der Waals surface area contributed by atoms with E-state index in [-0.39, 0.29) is 0 Å². The Labute approximate surface area is 117 Å². The molecule has 0 bridgehead atoms. The molecule has 0 radical (unpaired) electrons. The molecule has 0 saturated heterocycles. The summed E-state index contributed by atoms with van der Waals surface area (Å²) in [7, 11) is 1.48. The van der Waals surface area contributed by atoms with Crippen molar-refractivity contribution in [2.45, 2.75) is 0 Å². The molecule has 20 heavy (non-hydrogen) atoms. The number of rotatable bonds is 2. The van der Waals surface area contributed by atoms with Crippen LogP contribution in [0.15, 0.2) is 60.7 Å². The van der Waals surface area contributed by atoms with E-state index in [0.717, 1.165) is 4.90 Å². The van der Waals surface area contributed by atoms with E-state index in [1.807, 2.05) is 24.3 Å². The Kier molecular flexibility index (Phi) is 4.34. The zero-order valence-corrected chi connectivity index (χ0v) is 11.0. The lowest BCUT2D eigenvalue weighted by molar-refractivity contribution is 0.241. The summed E-state index contributed by atoms with van der Waals surface area (Å²) in [6, 6.07) is 16.7. The molecule has 0 aliphatic heterocycles. The second-order valence-corrected chi connectivity index (χ2v) is 4.02. The molecule has 5 nitrogen and oxygen atoms in total. The second-order valence-electron chi connectivity index (χ2n) is 4.02. The number of anilines is 2. The number of hydrogen-bond donors (Lipinski definition) is 2. The molecule has 2 N–H and O–H groups in total. The van der Waals surface area contributed by atoms with Gasteiger partial charge in [0.25, 0.3) is 0 Å². The fraction of sp³-hybridized carbons (Fsp3) is 0.0667. The molecule has 5 heteroatoms. The number of hydrogen-bond acceptors (Lipinski definition) is 2. The first-order chi connectivity index (χ1) is 9.72.